The summed E-state index contributed by atoms with van der Waals surface area (Å²) in [6.07, 6.45) is 1.45. The summed E-state index contributed by atoms with van der Waals surface area (Å²) < 4.78 is 2.66. The fourth-order valence-corrected chi connectivity index (χ4v) is 2.55. The molecule has 1 aromatic carbocycles. The van der Waals surface area contributed by atoms with E-state index in [9.17, 15) is 5.11 Å². The zero-order valence-electron chi connectivity index (χ0n) is 10.2. The standard InChI is InChI=1S/C10H10Br2N6O.ClH/c1-5-15-17-10(18(5)13)16-14-4-6-2-7(11)3-8(12)9(6)19;/h2-4,19H,13H2,1H3,(H,16,17);1H/b14-4+;. The predicted octanol–water partition coefficient (Wildman–Crippen LogP) is 2.40. The summed E-state index contributed by atoms with van der Waals surface area (Å²) in [6, 6.07) is 3.46. The molecule has 0 radical (unpaired) electrons. The summed E-state index contributed by atoms with van der Waals surface area (Å²) >= 11 is 6.57. The van der Waals surface area contributed by atoms with Crippen LogP contribution in [0, 0.1) is 6.92 Å². The number of nitrogens with one attached hydrogen (secondary N) is 1. The van der Waals surface area contributed by atoms with Gasteiger partial charge in [-0.2, -0.15) is 5.10 Å². The Kier molecular flexibility index (Phi) is 5.78. The van der Waals surface area contributed by atoms with E-state index < -0.39 is 0 Å². The lowest BCUT2D eigenvalue weighted by Crippen LogP contribution is -2.13. The van der Waals surface area contributed by atoms with Crippen molar-refractivity contribution in [2.24, 2.45) is 5.10 Å². The Morgan fingerprint density at radius 1 is 1.40 bits per heavy atom. The number of phenolic OH excluding ortho intramolecular Hbond substituents is 1. The minimum absolute atomic E-state index is 0. The van der Waals surface area contributed by atoms with Gasteiger partial charge in [-0.15, -0.1) is 22.6 Å². The number of aryl methyl sites for hydroxylation is 1. The van der Waals surface area contributed by atoms with E-state index in [2.05, 4.69) is 52.6 Å². The molecule has 7 nitrogen and oxygen atoms in total. The number of hydrazone groups is 1. The van der Waals surface area contributed by atoms with Crippen molar-refractivity contribution in [1.82, 2.24) is 14.9 Å². The fraction of sp³-hybridized carbons (Fsp3) is 0.100. The Labute approximate surface area is 137 Å². The molecule has 1 heterocycles. The van der Waals surface area contributed by atoms with Gasteiger partial charge in [0.2, 0.25) is 0 Å². The molecule has 0 saturated heterocycles. The van der Waals surface area contributed by atoms with Gasteiger partial charge in [-0.05, 0) is 35.0 Å². The quantitative estimate of drug-likeness (QED) is 0.397. The molecule has 4 N–H and O–H groups in total. The SMILES string of the molecule is Cc1nnc(N/N=C/c2cc(Br)cc(Br)c2O)n1N.Cl. The van der Waals surface area contributed by atoms with Crippen LogP contribution in [0.1, 0.15) is 11.4 Å². The number of rotatable bonds is 3. The van der Waals surface area contributed by atoms with E-state index in [0.717, 1.165) is 4.47 Å². The normalized spacial score (nSPS) is 10.6. The molecule has 0 fully saturated rings. The van der Waals surface area contributed by atoms with Gasteiger partial charge in [0.05, 0.1) is 10.7 Å². The number of benzene rings is 1. The summed E-state index contributed by atoms with van der Waals surface area (Å²) in [5.74, 6) is 6.62. The molecule has 1 aromatic heterocycles. The Hall–Kier alpha value is -1.32. The topological polar surface area (TPSA) is 101 Å². The number of halogens is 3. The molecule has 2 rings (SSSR count). The molecule has 0 unspecified atom stereocenters. The Morgan fingerprint density at radius 3 is 2.70 bits per heavy atom. The third kappa shape index (κ3) is 3.62. The zero-order valence-corrected chi connectivity index (χ0v) is 14.2. The molecule has 0 aliphatic heterocycles. The van der Waals surface area contributed by atoms with Gasteiger partial charge in [0.1, 0.15) is 5.75 Å². The number of hydrogen-bond acceptors (Lipinski definition) is 6. The molecule has 108 valence electrons. The first-order valence-corrected chi connectivity index (χ1v) is 6.72. The molecule has 0 aliphatic carbocycles. The van der Waals surface area contributed by atoms with Crippen LogP contribution in [0.4, 0.5) is 5.95 Å². The second kappa shape index (κ2) is 6.91. The van der Waals surface area contributed by atoms with E-state index in [-0.39, 0.29) is 18.2 Å². The van der Waals surface area contributed by atoms with Crippen molar-refractivity contribution in [3.63, 3.8) is 0 Å². The average Bonchev–Trinajstić information content (AvgIpc) is 2.67. The summed E-state index contributed by atoms with van der Waals surface area (Å²) in [5.41, 5.74) is 3.18. The molecular formula is C10H11Br2ClN6O. The van der Waals surface area contributed by atoms with Crippen LogP contribution >= 0.6 is 44.3 Å². The summed E-state index contributed by atoms with van der Waals surface area (Å²) in [7, 11) is 0. The Bertz CT molecular complexity index is 645. The van der Waals surface area contributed by atoms with E-state index in [1.54, 1.807) is 19.1 Å². The van der Waals surface area contributed by atoms with Gasteiger partial charge < -0.3 is 10.9 Å². The van der Waals surface area contributed by atoms with E-state index in [0.29, 0.717) is 21.8 Å². The molecule has 0 spiro atoms. The lowest BCUT2D eigenvalue weighted by Gasteiger charge is -2.03. The van der Waals surface area contributed by atoms with Crippen LogP contribution in [-0.4, -0.2) is 26.2 Å². The molecule has 0 atom stereocenters. The summed E-state index contributed by atoms with van der Waals surface area (Å²) in [4.78, 5) is 0. The van der Waals surface area contributed by atoms with Gasteiger partial charge in [0.15, 0.2) is 5.82 Å². The van der Waals surface area contributed by atoms with Gasteiger partial charge in [-0.1, -0.05) is 15.9 Å². The van der Waals surface area contributed by atoms with E-state index in [4.69, 9.17) is 5.84 Å². The number of anilines is 1. The molecule has 0 saturated carbocycles. The van der Waals surface area contributed by atoms with E-state index in [1.165, 1.54) is 10.9 Å². The highest BCUT2D eigenvalue weighted by atomic mass is 79.9. The van der Waals surface area contributed by atoms with Crippen LogP contribution in [0.2, 0.25) is 0 Å². The average molecular weight is 427 g/mol. The van der Waals surface area contributed by atoms with E-state index in [1.807, 2.05) is 0 Å². The van der Waals surface area contributed by atoms with Gasteiger partial charge in [-0.25, -0.2) is 10.1 Å². The monoisotopic (exact) mass is 424 g/mol. The van der Waals surface area contributed by atoms with Crippen molar-refractivity contribution < 1.29 is 5.11 Å². The first-order valence-electron chi connectivity index (χ1n) is 5.13. The molecule has 0 aliphatic rings. The molecule has 10 heteroatoms. The van der Waals surface area contributed by atoms with Crippen LogP contribution < -0.4 is 11.3 Å². The molecule has 20 heavy (non-hydrogen) atoms. The van der Waals surface area contributed by atoms with Gasteiger partial charge in [-0.3, -0.25) is 0 Å². The largest absolute Gasteiger partial charge is 0.506 e. The lowest BCUT2D eigenvalue weighted by molar-refractivity contribution is 0.471. The van der Waals surface area contributed by atoms with Crippen molar-refractivity contribution in [3.8, 4) is 5.75 Å². The molecule has 2 aromatic rings. The van der Waals surface area contributed by atoms with Crippen LogP contribution in [-0.2, 0) is 0 Å². The molecule has 0 amide bonds. The van der Waals surface area contributed by atoms with Crippen molar-refractivity contribution in [2.75, 3.05) is 11.3 Å². The smallest absolute Gasteiger partial charge is 0.263 e. The molecule has 0 bridgehead atoms. The number of nitrogen functional groups attached to an aromatic ring is 1. The number of aromatic hydroxyl groups is 1. The number of nitrogens with two attached hydrogens (primary N) is 1. The minimum Gasteiger partial charge on any atom is -0.506 e. The van der Waals surface area contributed by atoms with Crippen LogP contribution in [0.25, 0.3) is 0 Å². The minimum atomic E-state index is 0. The highest BCUT2D eigenvalue weighted by Crippen LogP contribution is 2.30. The highest BCUT2D eigenvalue weighted by molar-refractivity contribution is 9.11. The van der Waals surface area contributed by atoms with Crippen molar-refractivity contribution >= 4 is 56.4 Å². The number of aromatic nitrogens is 3. The number of nitrogens with zero attached hydrogens (tertiary/aromatic N) is 4. The first kappa shape index (κ1) is 16.7. The second-order valence-corrected chi connectivity index (χ2v) is 5.41. The first-order chi connectivity index (χ1) is 8.99. The van der Waals surface area contributed by atoms with Gasteiger partial charge in [0, 0.05) is 10.0 Å². The predicted molar refractivity (Wildman–Crippen MR) is 86.9 cm³/mol. The Balaban J connectivity index is 0.00000200. The third-order valence-electron chi connectivity index (χ3n) is 2.29. The van der Waals surface area contributed by atoms with Crippen molar-refractivity contribution in [2.45, 2.75) is 6.92 Å². The van der Waals surface area contributed by atoms with Gasteiger partial charge in [0.25, 0.3) is 5.95 Å². The van der Waals surface area contributed by atoms with Crippen molar-refractivity contribution in [3.05, 3.63) is 32.5 Å². The van der Waals surface area contributed by atoms with Crippen LogP contribution in [0.3, 0.4) is 0 Å². The molecular weight excluding hydrogens is 415 g/mol. The summed E-state index contributed by atoms with van der Waals surface area (Å²) in [6.45, 7) is 1.72. The maximum absolute atomic E-state index is 9.83. The van der Waals surface area contributed by atoms with Crippen LogP contribution in [0.5, 0.6) is 5.75 Å². The fourth-order valence-electron chi connectivity index (χ4n) is 1.29. The van der Waals surface area contributed by atoms with E-state index >= 15 is 0 Å². The second-order valence-electron chi connectivity index (χ2n) is 3.64. The maximum atomic E-state index is 9.83. The summed E-state index contributed by atoms with van der Waals surface area (Å²) in [5, 5.41) is 21.3. The lowest BCUT2D eigenvalue weighted by atomic mass is 10.2. The Morgan fingerprint density at radius 2 is 2.10 bits per heavy atom. The maximum Gasteiger partial charge on any atom is 0.263 e. The zero-order chi connectivity index (χ0) is 14.0. The number of phenols is 1. The van der Waals surface area contributed by atoms with Gasteiger partial charge >= 0.3 is 0 Å². The highest BCUT2D eigenvalue weighted by Gasteiger charge is 2.06. The number of hydrogen-bond donors (Lipinski definition) is 3. The van der Waals surface area contributed by atoms with Crippen LogP contribution in [0.15, 0.2) is 26.2 Å². The van der Waals surface area contributed by atoms with Crippen molar-refractivity contribution in [1.29, 1.82) is 0 Å². The third-order valence-corrected chi connectivity index (χ3v) is 3.35.